The number of hydrogen-bond acceptors (Lipinski definition) is 3. The Morgan fingerprint density at radius 3 is 2.60 bits per heavy atom. The van der Waals surface area contributed by atoms with Crippen LogP contribution in [-0.2, 0) is 16.1 Å². The van der Waals surface area contributed by atoms with Crippen molar-refractivity contribution in [3.63, 3.8) is 0 Å². The summed E-state index contributed by atoms with van der Waals surface area (Å²) in [5.41, 5.74) is 1.04. The highest BCUT2D eigenvalue weighted by molar-refractivity contribution is 5.79. The van der Waals surface area contributed by atoms with Gasteiger partial charge in [-0.25, -0.2) is 4.79 Å². The van der Waals surface area contributed by atoms with Crippen LogP contribution in [0.3, 0.4) is 0 Å². The van der Waals surface area contributed by atoms with Crippen LogP contribution < -0.4 is 0 Å². The summed E-state index contributed by atoms with van der Waals surface area (Å²) in [6.07, 6.45) is -0.635. The molecule has 0 saturated carbocycles. The van der Waals surface area contributed by atoms with Crippen LogP contribution in [0.25, 0.3) is 0 Å². The molecule has 2 atom stereocenters. The number of ether oxygens (including phenoxy) is 1. The first-order chi connectivity index (χ1) is 9.56. The molecule has 1 heterocycles. The van der Waals surface area contributed by atoms with E-state index in [1.165, 1.54) is 11.8 Å². The van der Waals surface area contributed by atoms with Crippen LogP contribution in [0.5, 0.6) is 0 Å². The smallest absolute Gasteiger partial charge is 0.407 e. The van der Waals surface area contributed by atoms with Crippen molar-refractivity contribution < 1.29 is 19.4 Å². The molecule has 0 radical (unpaired) electrons. The number of hydrogen-bond donors (Lipinski definition) is 1. The number of benzene rings is 1. The third-order valence-corrected chi connectivity index (χ3v) is 3.59. The van der Waals surface area contributed by atoms with E-state index in [1.807, 2.05) is 30.3 Å². The molecule has 1 aromatic rings. The average molecular weight is 277 g/mol. The highest BCUT2D eigenvalue weighted by atomic mass is 16.5. The second-order valence-corrected chi connectivity index (χ2v) is 5.15. The Bertz CT molecular complexity index is 452. The van der Waals surface area contributed by atoms with E-state index < -0.39 is 6.09 Å². The number of nitrogens with zero attached hydrogens (tertiary/aromatic N) is 1. The molecule has 2 rings (SSSR count). The first-order valence-corrected chi connectivity index (χ1v) is 6.70. The van der Waals surface area contributed by atoms with Crippen LogP contribution in [0.4, 0.5) is 4.79 Å². The van der Waals surface area contributed by atoms with Gasteiger partial charge in [0.15, 0.2) is 0 Å². The fourth-order valence-electron chi connectivity index (χ4n) is 2.41. The van der Waals surface area contributed by atoms with Gasteiger partial charge in [-0.3, -0.25) is 4.79 Å². The van der Waals surface area contributed by atoms with Gasteiger partial charge in [-0.2, -0.15) is 0 Å². The third-order valence-electron chi connectivity index (χ3n) is 3.59. The number of carboxylic acid groups (broad SMARTS) is 1. The van der Waals surface area contributed by atoms with E-state index in [0.29, 0.717) is 19.6 Å². The molecule has 2 unspecified atom stereocenters. The van der Waals surface area contributed by atoms with Crippen molar-refractivity contribution in [2.45, 2.75) is 26.1 Å². The lowest BCUT2D eigenvalue weighted by Gasteiger charge is -2.35. The van der Waals surface area contributed by atoms with Crippen molar-refractivity contribution in [1.82, 2.24) is 4.90 Å². The zero-order valence-corrected chi connectivity index (χ0v) is 11.5. The predicted octanol–water partition coefficient (Wildman–Crippen LogP) is 2.16. The molecule has 5 nitrogen and oxygen atoms in total. The number of rotatable bonds is 4. The zero-order valence-electron chi connectivity index (χ0n) is 11.5. The molecule has 0 aliphatic carbocycles. The number of ketones is 1. The van der Waals surface area contributed by atoms with Crippen LogP contribution in [0.1, 0.15) is 18.9 Å². The molecule has 108 valence electrons. The highest BCUT2D eigenvalue weighted by Crippen LogP contribution is 2.21. The van der Waals surface area contributed by atoms with E-state index >= 15 is 0 Å². The van der Waals surface area contributed by atoms with Crippen LogP contribution in [-0.4, -0.2) is 41.1 Å². The van der Waals surface area contributed by atoms with Crippen molar-refractivity contribution >= 4 is 11.9 Å². The molecule has 1 amide bonds. The average Bonchev–Trinajstić information content (AvgIpc) is 2.45. The largest absolute Gasteiger partial charge is 0.465 e. The number of likely N-dealkylation sites (tertiary alicyclic amines) is 1. The number of carbonyl (C=O) groups is 2. The Morgan fingerprint density at radius 2 is 2.00 bits per heavy atom. The second-order valence-electron chi connectivity index (χ2n) is 5.15. The van der Waals surface area contributed by atoms with Gasteiger partial charge in [0.25, 0.3) is 0 Å². The molecular formula is C15H19NO4. The Hall–Kier alpha value is -1.88. The minimum Gasteiger partial charge on any atom is -0.465 e. The SMILES string of the molecule is CC(=O)C1CC(OCc2ccccc2)CN(C(=O)O)C1. The van der Waals surface area contributed by atoms with E-state index in [9.17, 15) is 9.59 Å². The molecule has 20 heavy (non-hydrogen) atoms. The molecule has 1 aromatic carbocycles. The minimum absolute atomic E-state index is 0.0178. The Balaban J connectivity index is 1.95. The molecular weight excluding hydrogens is 258 g/mol. The highest BCUT2D eigenvalue weighted by Gasteiger charge is 2.32. The van der Waals surface area contributed by atoms with Crippen molar-refractivity contribution in [3.8, 4) is 0 Å². The summed E-state index contributed by atoms with van der Waals surface area (Å²) in [6, 6.07) is 9.71. The van der Waals surface area contributed by atoms with E-state index in [2.05, 4.69) is 0 Å². The number of carbonyl (C=O) groups excluding carboxylic acids is 1. The summed E-state index contributed by atoms with van der Waals surface area (Å²) in [6.45, 7) is 2.54. The summed E-state index contributed by atoms with van der Waals surface area (Å²) in [5, 5.41) is 9.10. The van der Waals surface area contributed by atoms with E-state index in [0.717, 1.165) is 5.56 Å². The fourth-order valence-corrected chi connectivity index (χ4v) is 2.41. The van der Waals surface area contributed by atoms with Crippen molar-refractivity contribution in [2.75, 3.05) is 13.1 Å². The minimum atomic E-state index is -0.996. The Kier molecular flexibility index (Phi) is 4.74. The molecule has 1 aliphatic heterocycles. The monoisotopic (exact) mass is 277 g/mol. The molecule has 1 aliphatic rings. The lowest BCUT2D eigenvalue weighted by atomic mass is 9.93. The van der Waals surface area contributed by atoms with Gasteiger partial charge in [0.1, 0.15) is 5.78 Å². The summed E-state index contributed by atoms with van der Waals surface area (Å²) >= 11 is 0. The van der Waals surface area contributed by atoms with Gasteiger partial charge in [0.2, 0.25) is 0 Å². The summed E-state index contributed by atoms with van der Waals surface area (Å²) in [7, 11) is 0. The molecule has 0 spiro atoms. The maximum absolute atomic E-state index is 11.5. The first-order valence-electron chi connectivity index (χ1n) is 6.70. The summed E-state index contributed by atoms with van der Waals surface area (Å²) < 4.78 is 5.77. The molecule has 1 saturated heterocycles. The lowest BCUT2D eigenvalue weighted by molar-refractivity contribution is -0.125. The predicted molar refractivity (Wildman–Crippen MR) is 73.4 cm³/mol. The van der Waals surface area contributed by atoms with Crippen molar-refractivity contribution in [3.05, 3.63) is 35.9 Å². The normalized spacial score (nSPS) is 22.6. The van der Waals surface area contributed by atoms with Gasteiger partial charge in [0.05, 0.1) is 19.3 Å². The molecule has 1 fully saturated rings. The topological polar surface area (TPSA) is 66.8 Å². The van der Waals surface area contributed by atoms with Crippen LogP contribution >= 0.6 is 0 Å². The van der Waals surface area contributed by atoms with Gasteiger partial charge >= 0.3 is 6.09 Å². The Labute approximate surface area is 118 Å². The van der Waals surface area contributed by atoms with Gasteiger partial charge in [-0.05, 0) is 18.9 Å². The summed E-state index contributed by atoms with van der Waals surface area (Å²) in [5.74, 6) is -0.245. The van der Waals surface area contributed by atoms with Gasteiger partial charge in [-0.1, -0.05) is 30.3 Å². The van der Waals surface area contributed by atoms with E-state index in [1.54, 1.807) is 0 Å². The van der Waals surface area contributed by atoms with Crippen LogP contribution in [0, 0.1) is 5.92 Å². The lowest BCUT2D eigenvalue weighted by Crippen LogP contribution is -2.48. The summed E-state index contributed by atoms with van der Waals surface area (Å²) in [4.78, 5) is 23.9. The number of piperidine rings is 1. The quantitative estimate of drug-likeness (QED) is 0.915. The van der Waals surface area contributed by atoms with Crippen molar-refractivity contribution in [1.29, 1.82) is 0 Å². The number of amides is 1. The van der Waals surface area contributed by atoms with Crippen LogP contribution in [0.2, 0.25) is 0 Å². The van der Waals surface area contributed by atoms with Gasteiger partial charge in [0, 0.05) is 12.5 Å². The Morgan fingerprint density at radius 1 is 1.30 bits per heavy atom. The van der Waals surface area contributed by atoms with Crippen LogP contribution in [0.15, 0.2) is 30.3 Å². The molecule has 1 N–H and O–H groups in total. The maximum Gasteiger partial charge on any atom is 0.407 e. The van der Waals surface area contributed by atoms with E-state index in [-0.39, 0.29) is 24.3 Å². The van der Waals surface area contributed by atoms with Gasteiger partial charge < -0.3 is 14.7 Å². The third kappa shape index (κ3) is 3.81. The fraction of sp³-hybridized carbons (Fsp3) is 0.467. The maximum atomic E-state index is 11.5. The van der Waals surface area contributed by atoms with E-state index in [4.69, 9.17) is 9.84 Å². The van der Waals surface area contributed by atoms with Crippen molar-refractivity contribution in [2.24, 2.45) is 5.92 Å². The number of Topliss-reactive ketones (excluding diaryl/α,β-unsaturated/α-hetero) is 1. The van der Waals surface area contributed by atoms with Gasteiger partial charge in [-0.15, -0.1) is 0 Å². The molecule has 0 aromatic heterocycles. The zero-order chi connectivity index (χ0) is 14.5. The molecule has 0 bridgehead atoms. The first kappa shape index (κ1) is 14.5. The standard InChI is InChI=1S/C15H19NO4/c1-11(17)13-7-14(9-16(8-13)15(18)19)20-10-12-5-3-2-4-6-12/h2-6,13-14H,7-10H2,1H3,(H,18,19). The second kappa shape index (κ2) is 6.52. The molecule has 5 heteroatoms.